The highest BCUT2D eigenvalue weighted by atomic mass is 32.1. The van der Waals surface area contributed by atoms with E-state index in [1.807, 2.05) is 11.3 Å². The topological polar surface area (TPSA) is 3.24 Å². The fourth-order valence-electron chi connectivity index (χ4n) is 9.63. The molecule has 0 unspecified atom stereocenters. The van der Waals surface area contributed by atoms with Crippen molar-refractivity contribution in [2.75, 3.05) is 4.90 Å². The molecule has 0 radical (unpaired) electrons. The van der Waals surface area contributed by atoms with Crippen LogP contribution in [0.15, 0.2) is 164 Å². The van der Waals surface area contributed by atoms with Gasteiger partial charge in [0.05, 0.1) is 10.4 Å². The summed E-state index contributed by atoms with van der Waals surface area (Å²) in [7, 11) is 0. The van der Waals surface area contributed by atoms with Crippen LogP contribution in [0, 0.1) is 0 Å². The number of rotatable bonds is 4. The van der Waals surface area contributed by atoms with Crippen LogP contribution in [-0.4, -0.2) is 0 Å². The summed E-state index contributed by atoms with van der Waals surface area (Å²) in [5, 5.41) is 5.22. The maximum Gasteiger partial charge on any atom is 0.0640 e. The van der Waals surface area contributed by atoms with E-state index in [2.05, 4.69) is 196 Å². The predicted octanol–water partition coefficient (Wildman–Crippen LogP) is 15.0. The van der Waals surface area contributed by atoms with Crippen molar-refractivity contribution < 1.29 is 0 Å². The molecule has 1 aromatic heterocycles. The maximum absolute atomic E-state index is 2.49. The Morgan fingerprint density at radius 3 is 1.69 bits per heavy atom. The number of fused-ring (bicyclic) bond motifs is 11. The van der Waals surface area contributed by atoms with Gasteiger partial charge in [0.2, 0.25) is 0 Å². The number of benzene rings is 8. The van der Waals surface area contributed by atoms with Crippen molar-refractivity contribution in [1.29, 1.82) is 0 Å². The summed E-state index contributed by atoms with van der Waals surface area (Å²) in [6, 6.07) is 61.4. The lowest BCUT2D eigenvalue weighted by Crippen LogP contribution is -2.16. The van der Waals surface area contributed by atoms with Gasteiger partial charge in [0.25, 0.3) is 0 Å². The van der Waals surface area contributed by atoms with Gasteiger partial charge < -0.3 is 4.90 Å². The second kappa shape index (κ2) is 11.3. The minimum Gasteiger partial charge on any atom is -0.309 e. The summed E-state index contributed by atoms with van der Waals surface area (Å²) >= 11 is 1.91. The smallest absolute Gasteiger partial charge is 0.0640 e. The molecule has 258 valence electrons. The number of hydrogen-bond donors (Lipinski definition) is 0. The molecule has 1 nitrogen and oxygen atoms in total. The third-order valence-corrected chi connectivity index (χ3v) is 13.8. The Balaban J connectivity index is 1.08. The van der Waals surface area contributed by atoms with Crippen molar-refractivity contribution in [2.45, 2.75) is 38.5 Å². The molecule has 0 spiro atoms. The monoisotopic (exact) mass is 709 g/mol. The van der Waals surface area contributed by atoms with Crippen molar-refractivity contribution in [3.8, 4) is 33.4 Å². The van der Waals surface area contributed by atoms with Gasteiger partial charge in [0, 0.05) is 37.7 Å². The van der Waals surface area contributed by atoms with E-state index in [1.54, 1.807) is 0 Å². The molecule has 9 aromatic rings. The minimum absolute atomic E-state index is 0.0338. The largest absolute Gasteiger partial charge is 0.309 e. The van der Waals surface area contributed by atoms with Gasteiger partial charge in [0.1, 0.15) is 0 Å². The maximum atomic E-state index is 2.49. The summed E-state index contributed by atoms with van der Waals surface area (Å²) in [4.78, 5) is 2.49. The summed E-state index contributed by atoms with van der Waals surface area (Å²) < 4.78 is 2.65. The van der Waals surface area contributed by atoms with Crippen LogP contribution in [0.1, 0.15) is 49.9 Å². The molecular formula is C52H39NS. The summed E-state index contributed by atoms with van der Waals surface area (Å²) in [5.74, 6) is 0. The molecule has 0 amide bonds. The van der Waals surface area contributed by atoms with E-state index < -0.39 is 0 Å². The highest BCUT2D eigenvalue weighted by Gasteiger charge is 2.37. The third-order valence-electron chi connectivity index (χ3n) is 12.5. The van der Waals surface area contributed by atoms with Gasteiger partial charge in [-0.3, -0.25) is 0 Å². The van der Waals surface area contributed by atoms with Gasteiger partial charge >= 0.3 is 0 Å². The van der Waals surface area contributed by atoms with Gasteiger partial charge in [-0.05, 0) is 103 Å². The standard InChI is InChI=1S/C52H39NS/c1-51(2)44-17-9-7-14-38(44)40-27-23-34(30-46(40)51)32-20-24-35(25-21-32)53(36-26-29-41-39-15-8-10-18-45(39)52(3,4)47(41)31-36)48-19-11-16-42-43-28-22-33-12-5-6-13-37(33)49(43)54-50(42)48/h5-31H,1-4H3. The highest BCUT2D eigenvalue weighted by Crippen LogP contribution is 2.53. The second-order valence-electron chi connectivity index (χ2n) is 16.1. The molecule has 11 rings (SSSR count). The Kier molecular flexibility index (Phi) is 6.59. The van der Waals surface area contributed by atoms with Gasteiger partial charge in [-0.1, -0.05) is 155 Å². The molecule has 0 fully saturated rings. The lowest BCUT2D eigenvalue weighted by Gasteiger charge is -2.28. The average Bonchev–Trinajstić information content (AvgIpc) is 3.79. The van der Waals surface area contributed by atoms with Crippen LogP contribution >= 0.6 is 11.3 Å². The van der Waals surface area contributed by atoms with Crippen molar-refractivity contribution >= 4 is 59.3 Å². The Bertz CT molecular complexity index is 3000. The normalized spacial score (nSPS) is 14.6. The molecular weight excluding hydrogens is 671 g/mol. The fourth-order valence-corrected chi connectivity index (χ4v) is 11.0. The van der Waals surface area contributed by atoms with E-state index in [0.717, 1.165) is 5.69 Å². The minimum atomic E-state index is -0.0962. The SMILES string of the molecule is CC1(C)c2ccccc2-c2ccc(-c3ccc(N(c4ccc5c(c4)C(C)(C)c4ccccc4-5)c4cccc5c4sc4c6ccccc6ccc54)cc3)cc21. The lowest BCUT2D eigenvalue weighted by molar-refractivity contribution is 0.660. The predicted molar refractivity (Wildman–Crippen MR) is 232 cm³/mol. The van der Waals surface area contributed by atoms with Crippen LogP contribution < -0.4 is 4.90 Å². The first-order chi connectivity index (χ1) is 26.3. The number of anilines is 3. The van der Waals surface area contributed by atoms with Gasteiger partial charge in [0.15, 0.2) is 0 Å². The Hall–Kier alpha value is -5.96. The first-order valence-electron chi connectivity index (χ1n) is 19.0. The molecule has 0 aliphatic heterocycles. The van der Waals surface area contributed by atoms with Crippen molar-refractivity contribution in [1.82, 2.24) is 0 Å². The molecule has 0 saturated carbocycles. The van der Waals surface area contributed by atoms with Gasteiger partial charge in [-0.2, -0.15) is 0 Å². The molecule has 8 aromatic carbocycles. The molecule has 2 heteroatoms. The Morgan fingerprint density at radius 2 is 0.944 bits per heavy atom. The van der Waals surface area contributed by atoms with E-state index >= 15 is 0 Å². The summed E-state index contributed by atoms with van der Waals surface area (Å²) in [6.07, 6.45) is 0. The van der Waals surface area contributed by atoms with Crippen LogP contribution in [-0.2, 0) is 10.8 Å². The Labute approximate surface area is 320 Å². The summed E-state index contributed by atoms with van der Waals surface area (Å²) in [6.45, 7) is 9.45. The van der Waals surface area contributed by atoms with Gasteiger partial charge in [-0.25, -0.2) is 0 Å². The second-order valence-corrected chi connectivity index (χ2v) is 17.2. The van der Waals surface area contributed by atoms with E-state index in [4.69, 9.17) is 0 Å². The zero-order valence-electron chi connectivity index (χ0n) is 30.9. The number of hydrogen-bond acceptors (Lipinski definition) is 2. The van der Waals surface area contributed by atoms with Gasteiger partial charge in [-0.15, -0.1) is 11.3 Å². The van der Waals surface area contributed by atoms with Crippen LogP contribution in [0.4, 0.5) is 17.1 Å². The molecule has 1 heterocycles. The zero-order valence-corrected chi connectivity index (χ0v) is 31.8. The highest BCUT2D eigenvalue weighted by molar-refractivity contribution is 7.27. The molecule has 0 atom stereocenters. The number of nitrogens with zero attached hydrogens (tertiary/aromatic N) is 1. The van der Waals surface area contributed by atoms with Crippen LogP contribution in [0.25, 0.3) is 64.3 Å². The average molecular weight is 710 g/mol. The molecule has 0 saturated heterocycles. The Morgan fingerprint density at radius 1 is 0.389 bits per heavy atom. The fraction of sp³-hybridized carbons (Fsp3) is 0.115. The molecule has 54 heavy (non-hydrogen) atoms. The van der Waals surface area contributed by atoms with E-state index in [9.17, 15) is 0 Å². The van der Waals surface area contributed by atoms with E-state index in [1.165, 1.54) is 98.0 Å². The quantitative estimate of drug-likeness (QED) is 0.176. The molecule has 2 aliphatic rings. The zero-order chi connectivity index (χ0) is 36.3. The van der Waals surface area contributed by atoms with Crippen LogP contribution in [0.3, 0.4) is 0 Å². The molecule has 2 aliphatic carbocycles. The third kappa shape index (κ3) is 4.38. The first kappa shape index (κ1) is 31.6. The van der Waals surface area contributed by atoms with E-state index in [-0.39, 0.29) is 10.8 Å². The summed E-state index contributed by atoms with van der Waals surface area (Å²) in [5.41, 5.74) is 16.9. The van der Waals surface area contributed by atoms with Crippen molar-refractivity contribution in [3.05, 3.63) is 186 Å². The van der Waals surface area contributed by atoms with Crippen molar-refractivity contribution in [3.63, 3.8) is 0 Å². The number of thiophene rings is 1. The van der Waals surface area contributed by atoms with Crippen LogP contribution in [0.5, 0.6) is 0 Å². The van der Waals surface area contributed by atoms with Crippen molar-refractivity contribution in [2.24, 2.45) is 0 Å². The first-order valence-corrected chi connectivity index (χ1v) is 19.8. The van der Waals surface area contributed by atoms with E-state index in [0.29, 0.717) is 0 Å². The molecule has 0 N–H and O–H groups in total. The molecule has 0 bridgehead atoms. The van der Waals surface area contributed by atoms with Crippen LogP contribution in [0.2, 0.25) is 0 Å². The lowest BCUT2D eigenvalue weighted by atomic mass is 9.81.